The summed E-state index contributed by atoms with van der Waals surface area (Å²) in [6.45, 7) is 3.55. The molecule has 0 saturated carbocycles. The quantitative estimate of drug-likeness (QED) is 0.638. The molecule has 0 aliphatic carbocycles. The molecule has 0 bridgehead atoms. The molecule has 8 nitrogen and oxygen atoms in total. The standard InChI is InChI=1S/C20H22N2O6/c1-3-26-16-8-10-17(11-9-16)27-12-18(23)28-13(2)20(25)22-15-6-4-14(5-7-15)19(21)24/h4-11,13H,3,12H2,1-2H3,(H2,21,24)(H,22,25)/t13-/m1/s1. The predicted molar refractivity (Wildman–Crippen MR) is 102 cm³/mol. The van der Waals surface area contributed by atoms with Gasteiger partial charge in [-0.1, -0.05) is 0 Å². The Morgan fingerprint density at radius 1 is 0.964 bits per heavy atom. The molecule has 2 aromatic rings. The number of hydrogen-bond acceptors (Lipinski definition) is 6. The first-order valence-electron chi connectivity index (χ1n) is 8.65. The second-order valence-electron chi connectivity index (χ2n) is 5.76. The van der Waals surface area contributed by atoms with E-state index >= 15 is 0 Å². The second-order valence-corrected chi connectivity index (χ2v) is 5.76. The Balaban J connectivity index is 1.79. The van der Waals surface area contributed by atoms with Gasteiger partial charge in [-0.05, 0) is 62.4 Å². The van der Waals surface area contributed by atoms with Gasteiger partial charge in [0.2, 0.25) is 5.91 Å². The van der Waals surface area contributed by atoms with E-state index in [4.69, 9.17) is 19.9 Å². The molecule has 148 valence electrons. The van der Waals surface area contributed by atoms with Gasteiger partial charge < -0.3 is 25.3 Å². The van der Waals surface area contributed by atoms with Gasteiger partial charge in [-0.3, -0.25) is 9.59 Å². The van der Waals surface area contributed by atoms with Crippen molar-refractivity contribution in [2.75, 3.05) is 18.5 Å². The molecule has 0 heterocycles. The molecule has 28 heavy (non-hydrogen) atoms. The summed E-state index contributed by atoms with van der Waals surface area (Å²) in [6.07, 6.45) is -1.02. The highest BCUT2D eigenvalue weighted by molar-refractivity contribution is 5.96. The number of nitrogens with one attached hydrogen (secondary N) is 1. The van der Waals surface area contributed by atoms with Gasteiger partial charge in [0.1, 0.15) is 11.5 Å². The third kappa shape index (κ3) is 6.31. The minimum Gasteiger partial charge on any atom is -0.494 e. The highest BCUT2D eigenvalue weighted by atomic mass is 16.6. The van der Waals surface area contributed by atoms with Crippen molar-refractivity contribution in [3.63, 3.8) is 0 Å². The first-order valence-corrected chi connectivity index (χ1v) is 8.65. The smallest absolute Gasteiger partial charge is 0.344 e. The molecule has 0 spiro atoms. The van der Waals surface area contributed by atoms with E-state index in [1.807, 2.05) is 6.92 Å². The molecule has 0 aliphatic rings. The maximum absolute atomic E-state index is 12.1. The third-order valence-electron chi connectivity index (χ3n) is 3.61. The fourth-order valence-electron chi connectivity index (χ4n) is 2.19. The zero-order valence-corrected chi connectivity index (χ0v) is 15.6. The van der Waals surface area contributed by atoms with Gasteiger partial charge in [0.25, 0.3) is 5.91 Å². The van der Waals surface area contributed by atoms with Crippen LogP contribution in [0, 0.1) is 0 Å². The van der Waals surface area contributed by atoms with Crippen LogP contribution in [0.25, 0.3) is 0 Å². The highest BCUT2D eigenvalue weighted by Gasteiger charge is 2.18. The number of ether oxygens (including phenoxy) is 3. The highest BCUT2D eigenvalue weighted by Crippen LogP contribution is 2.17. The van der Waals surface area contributed by atoms with E-state index in [0.29, 0.717) is 29.4 Å². The molecule has 2 aromatic carbocycles. The zero-order valence-electron chi connectivity index (χ0n) is 15.6. The Morgan fingerprint density at radius 3 is 2.07 bits per heavy atom. The average molecular weight is 386 g/mol. The van der Waals surface area contributed by atoms with Crippen LogP contribution < -0.4 is 20.5 Å². The summed E-state index contributed by atoms with van der Waals surface area (Å²) in [5, 5.41) is 2.58. The van der Waals surface area contributed by atoms with Gasteiger partial charge >= 0.3 is 5.97 Å². The van der Waals surface area contributed by atoms with Crippen LogP contribution in [0.5, 0.6) is 11.5 Å². The summed E-state index contributed by atoms with van der Waals surface area (Å²) in [5.74, 6) is -0.576. The van der Waals surface area contributed by atoms with Gasteiger partial charge in [0.05, 0.1) is 6.61 Å². The maximum atomic E-state index is 12.1. The number of carbonyl (C=O) groups excluding carboxylic acids is 3. The number of primary amides is 1. The molecule has 8 heteroatoms. The molecule has 2 rings (SSSR count). The van der Waals surface area contributed by atoms with E-state index in [2.05, 4.69) is 5.32 Å². The Hall–Kier alpha value is -3.55. The van der Waals surface area contributed by atoms with Gasteiger partial charge in [-0.2, -0.15) is 0 Å². The summed E-state index contributed by atoms with van der Waals surface area (Å²) >= 11 is 0. The summed E-state index contributed by atoms with van der Waals surface area (Å²) in [6, 6.07) is 12.8. The summed E-state index contributed by atoms with van der Waals surface area (Å²) < 4.78 is 15.7. The Kier molecular flexibility index (Phi) is 7.38. The fraction of sp³-hybridized carbons (Fsp3) is 0.250. The Morgan fingerprint density at radius 2 is 1.54 bits per heavy atom. The fourth-order valence-corrected chi connectivity index (χ4v) is 2.19. The summed E-state index contributed by atoms with van der Waals surface area (Å²) in [7, 11) is 0. The first-order chi connectivity index (χ1) is 13.4. The second kappa shape index (κ2) is 9.96. The van der Waals surface area contributed by atoms with E-state index in [9.17, 15) is 14.4 Å². The van der Waals surface area contributed by atoms with Crippen molar-refractivity contribution in [1.29, 1.82) is 0 Å². The summed E-state index contributed by atoms with van der Waals surface area (Å²) in [4.78, 5) is 35.0. The van der Waals surface area contributed by atoms with Crippen LogP contribution in [0.1, 0.15) is 24.2 Å². The number of hydrogen-bond donors (Lipinski definition) is 2. The van der Waals surface area contributed by atoms with E-state index < -0.39 is 23.9 Å². The van der Waals surface area contributed by atoms with E-state index in [1.165, 1.54) is 31.2 Å². The Bertz CT molecular complexity index is 818. The molecule has 0 aromatic heterocycles. The largest absolute Gasteiger partial charge is 0.494 e. The van der Waals surface area contributed by atoms with Crippen molar-refractivity contribution >= 4 is 23.5 Å². The molecule has 3 N–H and O–H groups in total. The van der Waals surface area contributed by atoms with Gasteiger partial charge in [-0.15, -0.1) is 0 Å². The molecule has 0 unspecified atom stereocenters. The number of rotatable bonds is 9. The molecule has 0 saturated heterocycles. The minimum absolute atomic E-state index is 0.323. The number of nitrogens with two attached hydrogens (primary N) is 1. The number of carbonyl (C=O) groups is 3. The lowest BCUT2D eigenvalue weighted by molar-refractivity contribution is -0.155. The topological polar surface area (TPSA) is 117 Å². The predicted octanol–water partition coefficient (Wildman–Crippen LogP) is 2.13. The lowest BCUT2D eigenvalue weighted by Gasteiger charge is -2.14. The molecule has 1 atom stereocenters. The number of esters is 1. The van der Waals surface area contributed by atoms with Crippen LogP contribution in [0.4, 0.5) is 5.69 Å². The van der Waals surface area contributed by atoms with Gasteiger partial charge in [-0.25, -0.2) is 4.79 Å². The average Bonchev–Trinajstić information content (AvgIpc) is 2.68. The van der Waals surface area contributed by atoms with Crippen molar-refractivity contribution in [2.24, 2.45) is 5.73 Å². The molecule has 2 amide bonds. The van der Waals surface area contributed by atoms with E-state index in [-0.39, 0.29) is 6.61 Å². The number of anilines is 1. The van der Waals surface area contributed by atoms with Gasteiger partial charge in [0.15, 0.2) is 12.7 Å². The van der Waals surface area contributed by atoms with Crippen molar-refractivity contribution in [2.45, 2.75) is 20.0 Å². The lowest BCUT2D eigenvalue weighted by Crippen LogP contribution is -2.31. The number of amides is 2. The van der Waals surface area contributed by atoms with Crippen LogP contribution >= 0.6 is 0 Å². The summed E-state index contributed by atoms with van der Waals surface area (Å²) in [5.41, 5.74) is 5.93. The van der Waals surface area contributed by atoms with Crippen molar-refractivity contribution in [1.82, 2.24) is 0 Å². The van der Waals surface area contributed by atoms with E-state index in [0.717, 1.165) is 0 Å². The molecule has 0 radical (unpaired) electrons. The first kappa shape index (κ1) is 20.8. The van der Waals surface area contributed by atoms with E-state index in [1.54, 1.807) is 24.3 Å². The molecular formula is C20H22N2O6. The third-order valence-corrected chi connectivity index (χ3v) is 3.61. The van der Waals surface area contributed by atoms with Crippen molar-refractivity contribution in [3.8, 4) is 11.5 Å². The van der Waals surface area contributed by atoms with Crippen LogP contribution in [0.3, 0.4) is 0 Å². The SMILES string of the molecule is CCOc1ccc(OCC(=O)O[C@H](C)C(=O)Nc2ccc(C(N)=O)cc2)cc1. The minimum atomic E-state index is -1.02. The molecule has 0 fully saturated rings. The van der Waals surface area contributed by atoms with Crippen LogP contribution in [0.2, 0.25) is 0 Å². The monoisotopic (exact) mass is 386 g/mol. The van der Waals surface area contributed by atoms with Gasteiger partial charge in [0, 0.05) is 11.3 Å². The zero-order chi connectivity index (χ0) is 20.5. The number of benzene rings is 2. The van der Waals surface area contributed by atoms with Crippen LogP contribution in [-0.4, -0.2) is 37.1 Å². The normalized spacial score (nSPS) is 11.2. The van der Waals surface area contributed by atoms with Crippen molar-refractivity contribution in [3.05, 3.63) is 54.1 Å². The molecule has 0 aliphatic heterocycles. The maximum Gasteiger partial charge on any atom is 0.344 e. The van der Waals surface area contributed by atoms with Crippen LogP contribution in [0.15, 0.2) is 48.5 Å². The van der Waals surface area contributed by atoms with Crippen molar-refractivity contribution < 1.29 is 28.6 Å². The molecular weight excluding hydrogens is 364 g/mol. The lowest BCUT2D eigenvalue weighted by atomic mass is 10.2. The van der Waals surface area contributed by atoms with Crippen LogP contribution in [-0.2, 0) is 14.3 Å². The Labute approximate surface area is 162 Å².